The molecule has 0 saturated carbocycles. The number of allylic oxidation sites excluding steroid dienone is 8. The molecule has 33 heavy (non-hydrogen) atoms. The van der Waals surface area contributed by atoms with Crippen molar-refractivity contribution < 1.29 is 22.8 Å². The zero-order chi connectivity index (χ0) is 24.2. The summed E-state index contributed by atoms with van der Waals surface area (Å²) in [6.45, 7) is 1.99. The molecule has 2 aliphatic carbocycles. The minimum absolute atomic E-state index is 0.0261. The molecule has 3 rings (SSSR count). The molecule has 5 nitrogen and oxygen atoms in total. The number of nitro benzene ring substituents is 1. The Morgan fingerprint density at radius 2 is 1.97 bits per heavy atom. The summed E-state index contributed by atoms with van der Waals surface area (Å²) >= 11 is 13.9. The third kappa shape index (κ3) is 6.69. The first-order valence-corrected chi connectivity index (χ1v) is 11.1. The van der Waals surface area contributed by atoms with E-state index in [2.05, 4.69) is 4.72 Å². The molecule has 1 N–H and O–H groups in total. The van der Waals surface area contributed by atoms with Crippen LogP contribution in [0.25, 0.3) is 0 Å². The molecule has 11 heteroatoms. The van der Waals surface area contributed by atoms with Gasteiger partial charge in [0.15, 0.2) is 0 Å². The zero-order valence-corrected chi connectivity index (χ0v) is 19.4. The Bertz CT molecular complexity index is 1140. The van der Waals surface area contributed by atoms with Crippen molar-refractivity contribution in [2.45, 2.75) is 24.8 Å². The number of hydrogen-bond acceptors (Lipinski definition) is 5. The maximum atomic E-state index is 13.4. The normalized spacial score (nSPS) is 18.7. The van der Waals surface area contributed by atoms with Gasteiger partial charge in [-0.05, 0) is 49.6 Å². The van der Waals surface area contributed by atoms with Gasteiger partial charge < -0.3 is 9.46 Å². The topological polar surface area (TPSA) is 64.4 Å². The average molecular weight is 517 g/mol. The maximum Gasteiger partial charge on any atom is 0.420 e. The van der Waals surface area contributed by atoms with Crippen LogP contribution in [0.4, 0.5) is 18.9 Å². The highest BCUT2D eigenvalue weighted by atomic mass is 35.5. The fraction of sp³-hybridized carbons (Fsp3) is 0.182. The highest BCUT2D eigenvalue weighted by molar-refractivity contribution is 7.98. The first-order valence-electron chi connectivity index (χ1n) is 9.49. The van der Waals surface area contributed by atoms with Gasteiger partial charge in [-0.3, -0.25) is 10.1 Å². The number of nitrogens with zero attached hydrogens (tertiary/aromatic N) is 1. The fourth-order valence-electron chi connectivity index (χ4n) is 2.79. The van der Waals surface area contributed by atoms with Gasteiger partial charge in [-0.15, -0.1) is 0 Å². The van der Waals surface area contributed by atoms with E-state index in [1.54, 1.807) is 24.3 Å². The van der Waals surface area contributed by atoms with Gasteiger partial charge in [0.25, 0.3) is 5.69 Å². The van der Waals surface area contributed by atoms with Crippen LogP contribution in [0.3, 0.4) is 0 Å². The monoisotopic (exact) mass is 516 g/mol. The second kappa shape index (κ2) is 10.5. The Balaban J connectivity index is 1.75. The number of nitro groups is 1. The van der Waals surface area contributed by atoms with Crippen molar-refractivity contribution >= 4 is 40.8 Å². The van der Waals surface area contributed by atoms with Crippen LogP contribution in [-0.4, -0.2) is 10.2 Å². The van der Waals surface area contributed by atoms with E-state index in [4.69, 9.17) is 27.9 Å². The molecule has 1 aromatic carbocycles. The smallest absolute Gasteiger partial charge is 0.420 e. The van der Waals surface area contributed by atoms with Gasteiger partial charge in [0.1, 0.15) is 17.1 Å². The quantitative estimate of drug-likeness (QED) is 0.240. The van der Waals surface area contributed by atoms with Gasteiger partial charge in [-0.2, -0.15) is 13.2 Å². The van der Waals surface area contributed by atoms with Crippen molar-refractivity contribution in [2.24, 2.45) is 0 Å². The van der Waals surface area contributed by atoms with Gasteiger partial charge in [-0.1, -0.05) is 53.1 Å². The lowest BCUT2D eigenvalue weighted by Gasteiger charge is -2.15. The van der Waals surface area contributed by atoms with Crippen LogP contribution in [-0.2, 0) is 6.18 Å². The molecule has 0 amide bonds. The van der Waals surface area contributed by atoms with E-state index in [1.807, 2.05) is 19.1 Å². The number of ether oxygens (including phenoxy) is 1. The van der Waals surface area contributed by atoms with Crippen molar-refractivity contribution in [3.05, 3.63) is 104 Å². The third-order valence-electron chi connectivity index (χ3n) is 4.50. The lowest BCUT2D eigenvalue weighted by atomic mass is 10.1. The van der Waals surface area contributed by atoms with Crippen LogP contribution < -0.4 is 9.46 Å². The largest absolute Gasteiger partial charge is 0.455 e. The van der Waals surface area contributed by atoms with Crippen LogP contribution >= 0.6 is 35.1 Å². The summed E-state index contributed by atoms with van der Waals surface area (Å²) < 4.78 is 48.9. The highest BCUT2D eigenvalue weighted by Crippen LogP contribution is 2.40. The third-order valence-corrected chi connectivity index (χ3v) is 6.04. The van der Waals surface area contributed by atoms with Gasteiger partial charge >= 0.3 is 6.18 Å². The van der Waals surface area contributed by atoms with Gasteiger partial charge in [-0.25, -0.2) is 0 Å². The number of non-ortho nitro benzene ring substituents is 1. The molecule has 2 aliphatic rings. The second-order valence-corrected chi connectivity index (χ2v) is 8.80. The minimum Gasteiger partial charge on any atom is -0.455 e. The molecule has 0 saturated heterocycles. The predicted molar refractivity (Wildman–Crippen MR) is 125 cm³/mol. The number of alkyl halides is 3. The van der Waals surface area contributed by atoms with E-state index < -0.39 is 28.1 Å². The number of halogens is 5. The summed E-state index contributed by atoms with van der Waals surface area (Å²) in [7, 11) is 0. The summed E-state index contributed by atoms with van der Waals surface area (Å²) in [6, 6.07) is 2.26. The highest BCUT2D eigenvalue weighted by Gasteiger charge is 2.36. The van der Waals surface area contributed by atoms with Crippen LogP contribution in [0.5, 0.6) is 5.75 Å². The first-order chi connectivity index (χ1) is 15.5. The lowest BCUT2D eigenvalue weighted by molar-refractivity contribution is -0.385. The molecular weight excluding hydrogens is 500 g/mol. The van der Waals surface area contributed by atoms with Crippen molar-refractivity contribution in [3.63, 3.8) is 0 Å². The van der Waals surface area contributed by atoms with E-state index >= 15 is 0 Å². The molecule has 0 radical (unpaired) electrons. The number of rotatable bonds is 6. The summed E-state index contributed by atoms with van der Waals surface area (Å²) in [5.41, 5.74) is -0.0715. The first kappa shape index (κ1) is 25.0. The number of nitrogens with one attached hydrogen (secondary N) is 1. The molecule has 1 aromatic rings. The van der Waals surface area contributed by atoms with E-state index in [-0.39, 0.29) is 16.0 Å². The molecule has 1 unspecified atom stereocenters. The lowest BCUT2D eigenvalue weighted by Crippen LogP contribution is -2.10. The molecular formula is C22H17Cl2F3N2O3S. The van der Waals surface area contributed by atoms with Gasteiger partial charge in [0.2, 0.25) is 0 Å². The van der Waals surface area contributed by atoms with Gasteiger partial charge in [0, 0.05) is 12.1 Å². The van der Waals surface area contributed by atoms with E-state index in [9.17, 15) is 23.3 Å². The summed E-state index contributed by atoms with van der Waals surface area (Å²) in [5.74, 6) is -0.617. The summed E-state index contributed by atoms with van der Waals surface area (Å²) in [4.78, 5) is 9.96. The minimum atomic E-state index is -4.85. The number of hydrogen-bond donors (Lipinski definition) is 1. The Labute approximate surface area is 202 Å². The van der Waals surface area contributed by atoms with Crippen molar-refractivity contribution in [2.75, 3.05) is 0 Å². The molecule has 174 valence electrons. The average Bonchev–Trinajstić information content (AvgIpc) is 3.02. The molecule has 0 fully saturated rings. The Hall–Kier alpha value is -2.62. The van der Waals surface area contributed by atoms with Crippen LogP contribution in [0.15, 0.2) is 87.8 Å². The molecule has 0 aliphatic heterocycles. The van der Waals surface area contributed by atoms with Crippen LogP contribution in [0, 0.1) is 10.1 Å². The van der Waals surface area contributed by atoms with Crippen LogP contribution in [0.1, 0.15) is 18.9 Å². The fourth-order valence-corrected chi connectivity index (χ4v) is 4.17. The zero-order valence-electron chi connectivity index (χ0n) is 17.0. The SMILES string of the molecule is CC1=CC=C(Cl)C(NSC2C=CC=C(Oc3ccc([N+](=O)[O-])cc3C(F)(F)F)C(Cl)=C2)=CC1. The molecule has 0 bridgehead atoms. The summed E-state index contributed by atoms with van der Waals surface area (Å²) in [5, 5.41) is 11.2. The summed E-state index contributed by atoms with van der Waals surface area (Å²) in [6.07, 6.45) is 7.97. The predicted octanol–water partition coefficient (Wildman–Crippen LogP) is 7.53. The van der Waals surface area contributed by atoms with E-state index in [0.29, 0.717) is 11.1 Å². The molecule has 0 aromatic heterocycles. The van der Waals surface area contributed by atoms with E-state index in [0.717, 1.165) is 29.8 Å². The Kier molecular flexibility index (Phi) is 7.99. The maximum absolute atomic E-state index is 13.4. The standard InChI is InChI=1S/C22H17Cl2F3N2O3S/c1-13-5-8-17(23)19(9-6-13)28-33-15-3-2-4-21(18(24)12-15)32-20-10-7-14(29(30)31)11-16(20)22(25,26)27/h2-5,7-12,15,28H,6H2,1H3. The molecule has 0 heterocycles. The van der Waals surface area contributed by atoms with Crippen LogP contribution in [0.2, 0.25) is 0 Å². The number of benzene rings is 1. The van der Waals surface area contributed by atoms with Crippen molar-refractivity contribution in [1.82, 2.24) is 4.72 Å². The van der Waals surface area contributed by atoms with Crippen molar-refractivity contribution in [3.8, 4) is 5.75 Å². The Morgan fingerprint density at radius 1 is 1.21 bits per heavy atom. The van der Waals surface area contributed by atoms with E-state index in [1.165, 1.54) is 18.0 Å². The Morgan fingerprint density at radius 3 is 2.67 bits per heavy atom. The molecule has 0 spiro atoms. The molecule has 1 atom stereocenters. The second-order valence-electron chi connectivity index (χ2n) is 7.00. The van der Waals surface area contributed by atoms with Crippen molar-refractivity contribution in [1.29, 1.82) is 0 Å². The van der Waals surface area contributed by atoms with Gasteiger partial charge in [0.05, 0.1) is 25.9 Å².